The van der Waals surface area contributed by atoms with E-state index in [1.807, 2.05) is 49.7 Å². The SMILES string of the molecule is CCCCN(C)CCN1C(=O)[C@@H]2[C@H](C(=O)Nc3cccc(SC)c3)[C@@H]3C=C[C@@]2(O3)[C@@H]1C(=O)NC1CCCCC1. The Hall–Kier alpha value is -2.36. The fraction of sp³-hybridized carbons (Fsp3) is 0.633. The van der Waals surface area contributed by atoms with E-state index in [9.17, 15) is 14.4 Å². The van der Waals surface area contributed by atoms with Crippen LogP contribution < -0.4 is 10.6 Å². The zero-order valence-electron chi connectivity index (χ0n) is 23.4. The van der Waals surface area contributed by atoms with Crippen molar-refractivity contribution < 1.29 is 19.1 Å². The van der Waals surface area contributed by atoms with Crippen molar-refractivity contribution >= 4 is 35.2 Å². The van der Waals surface area contributed by atoms with Crippen molar-refractivity contribution in [2.24, 2.45) is 11.8 Å². The van der Waals surface area contributed by atoms with Crippen LogP contribution in [0.15, 0.2) is 41.3 Å². The number of likely N-dealkylation sites (N-methyl/N-ethyl adjacent to an activating group) is 1. The minimum atomic E-state index is -1.12. The topological polar surface area (TPSA) is 91.0 Å². The quantitative estimate of drug-likeness (QED) is 0.320. The number of nitrogens with one attached hydrogen (secondary N) is 2. The average molecular weight is 555 g/mol. The molecule has 5 atom stereocenters. The van der Waals surface area contributed by atoms with Gasteiger partial charge < -0.3 is 25.2 Å². The summed E-state index contributed by atoms with van der Waals surface area (Å²) in [4.78, 5) is 46.6. The minimum absolute atomic E-state index is 0.122. The molecule has 1 aromatic rings. The third-order valence-electron chi connectivity index (χ3n) is 8.83. The van der Waals surface area contributed by atoms with Crippen LogP contribution >= 0.6 is 11.8 Å². The van der Waals surface area contributed by atoms with Crippen molar-refractivity contribution in [2.75, 3.05) is 38.3 Å². The molecule has 1 aliphatic carbocycles. The second kappa shape index (κ2) is 12.0. The molecule has 3 amide bonds. The molecule has 39 heavy (non-hydrogen) atoms. The number of thioether (sulfide) groups is 1. The molecule has 4 aliphatic rings. The van der Waals surface area contributed by atoms with Gasteiger partial charge in [-0.2, -0.15) is 0 Å². The monoisotopic (exact) mass is 554 g/mol. The van der Waals surface area contributed by atoms with Crippen molar-refractivity contribution in [2.45, 2.75) is 80.6 Å². The van der Waals surface area contributed by atoms with E-state index in [1.165, 1.54) is 6.42 Å². The van der Waals surface area contributed by atoms with E-state index in [0.29, 0.717) is 18.8 Å². The van der Waals surface area contributed by atoms with Crippen LogP contribution in [0.3, 0.4) is 0 Å². The molecule has 212 valence electrons. The highest BCUT2D eigenvalue weighted by atomic mass is 32.2. The van der Waals surface area contributed by atoms with E-state index in [-0.39, 0.29) is 23.8 Å². The van der Waals surface area contributed by atoms with Gasteiger partial charge in [0.1, 0.15) is 11.6 Å². The highest BCUT2D eigenvalue weighted by Gasteiger charge is 2.72. The average Bonchev–Trinajstić information content (AvgIpc) is 3.58. The summed E-state index contributed by atoms with van der Waals surface area (Å²) < 4.78 is 6.48. The molecule has 1 spiro atoms. The molecular formula is C30H42N4O4S. The first-order chi connectivity index (χ1) is 18.9. The summed E-state index contributed by atoms with van der Waals surface area (Å²) in [5.41, 5.74) is -0.426. The molecule has 8 nitrogen and oxygen atoms in total. The third kappa shape index (κ3) is 5.50. The van der Waals surface area contributed by atoms with Crippen LogP contribution in [0.5, 0.6) is 0 Å². The van der Waals surface area contributed by atoms with Gasteiger partial charge in [-0.05, 0) is 57.3 Å². The zero-order chi connectivity index (χ0) is 27.6. The van der Waals surface area contributed by atoms with E-state index in [1.54, 1.807) is 16.7 Å². The lowest BCUT2D eigenvalue weighted by Crippen LogP contribution is -2.57. The van der Waals surface area contributed by atoms with Crippen LogP contribution in [-0.4, -0.2) is 84.2 Å². The summed E-state index contributed by atoms with van der Waals surface area (Å²) in [5, 5.41) is 6.28. The number of amides is 3. The molecule has 5 rings (SSSR count). The number of carbonyl (C=O) groups excluding carboxylic acids is 3. The number of carbonyl (C=O) groups is 3. The Kier molecular flexibility index (Phi) is 8.69. The second-order valence-electron chi connectivity index (χ2n) is 11.5. The standard InChI is InChI=1S/C30H42N4O4S/c1-4-5-16-33(2)17-18-34-26(28(36)31-20-10-7-6-8-11-20)30-15-14-23(38-30)24(25(30)29(34)37)27(35)32-21-12-9-13-22(19-21)39-3/h9,12-15,19-20,23-26H,4-8,10-11,16-18H2,1-3H3,(H,31,36)(H,32,35)/t23-,24+,25-,26-,30-/m0/s1. The third-order valence-corrected chi connectivity index (χ3v) is 9.56. The van der Waals surface area contributed by atoms with Crippen molar-refractivity contribution in [3.05, 3.63) is 36.4 Å². The number of unbranched alkanes of at least 4 members (excludes halogenated alkanes) is 1. The van der Waals surface area contributed by atoms with Crippen molar-refractivity contribution in [3.63, 3.8) is 0 Å². The van der Waals surface area contributed by atoms with Crippen LogP contribution in [0.4, 0.5) is 5.69 Å². The molecule has 3 heterocycles. The summed E-state index contributed by atoms with van der Waals surface area (Å²) in [6, 6.07) is 7.02. The summed E-state index contributed by atoms with van der Waals surface area (Å²) in [7, 11) is 2.05. The van der Waals surface area contributed by atoms with E-state index in [4.69, 9.17) is 4.74 Å². The van der Waals surface area contributed by atoms with Crippen LogP contribution in [0.1, 0.15) is 51.9 Å². The van der Waals surface area contributed by atoms with Crippen LogP contribution in [0, 0.1) is 11.8 Å². The number of ether oxygens (including phenoxy) is 1. The number of hydrogen-bond acceptors (Lipinski definition) is 6. The lowest BCUT2D eigenvalue weighted by atomic mass is 9.74. The molecule has 2 bridgehead atoms. The van der Waals surface area contributed by atoms with Gasteiger partial charge in [0.2, 0.25) is 17.7 Å². The second-order valence-corrected chi connectivity index (χ2v) is 12.3. The normalized spacial score (nSPS) is 29.7. The Morgan fingerprint density at radius 3 is 2.72 bits per heavy atom. The maximum atomic E-state index is 14.1. The summed E-state index contributed by atoms with van der Waals surface area (Å²) in [6.45, 7) is 4.18. The molecule has 0 unspecified atom stereocenters. The van der Waals surface area contributed by atoms with E-state index in [0.717, 1.165) is 50.0 Å². The fourth-order valence-electron chi connectivity index (χ4n) is 6.78. The molecule has 0 radical (unpaired) electrons. The van der Waals surface area contributed by atoms with Gasteiger partial charge in [0.05, 0.1) is 17.9 Å². The largest absolute Gasteiger partial charge is 0.359 e. The van der Waals surface area contributed by atoms with Gasteiger partial charge in [0.25, 0.3) is 0 Å². The Morgan fingerprint density at radius 2 is 1.97 bits per heavy atom. The van der Waals surface area contributed by atoms with Gasteiger partial charge in [0.15, 0.2) is 0 Å². The highest BCUT2D eigenvalue weighted by Crippen LogP contribution is 2.55. The Bertz CT molecular complexity index is 1110. The summed E-state index contributed by atoms with van der Waals surface area (Å²) in [5.74, 6) is -1.97. The van der Waals surface area contributed by atoms with Gasteiger partial charge in [-0.15, -0.1) is 11.8 Å². The predicted octanol–water partition coefficient (Wildman–Crippen LogP) is 3.68. The first-order valence-corrected chi connectivity index (χ1v) is 15.7. The number of hydrogen-bond donors (Lipinski definition) is 2. The lowest BCUT2D eigenvalue weighted by molar-refractivity contribution is -0.141. The van der Waals surface area contributed by atoms with Crippen molar-refractivity contribution in [1.82, 2.24) is 15.1 Å². The van der Waals surface area contributed by atoms with Crippen LogP contribution in [0.2, 0.25) is 0 Å². The summed E-state index contributed by atoms with van der Waals surface area (Å²) in [6.07, 6.45) is 12.7. The first-order valence-electron chi connectivity index (χ1n) is 14.5. The molecule has 0 aromatic heterocycles. The van der Waals surface area contributed by atoms with Gasteiger partial charge in [-0.3, -0.25) is 14.4 Å². The summed E-state index contributed by atoms with van der Waals surface area (Å²) >= 11 is 1.60. The molecule has 2 N–H and O–H groups in total. The minimum Gasteiger partial charge on any atom is -0.359 e. The maximum Gasteiger partial charge on any atom is 0.246 e. The van der Waals surface area contributed by atoms with E-state index >= 15 is 0 Å². The lowest BCUT2D eigenvalue weighted by Gasteiger charge is -2.34. The van der Waals surface area contributed by atoms with Gasteiger partial charge in [-0.1, -0.05) is 50.8 Å². The number of nitrogens with zero attached hydrogens (tertiary/aromatic N) is 2. The number of fused-ring (bicyclic) bond motifs is 1. The number of benzene rings is 1. The molecule has 3 fully saturated rings. The smallest absolute Gasteiger partial charge is 0.246 e. The fourth-order valence-corrected chi connectivity index (χ4v) is 7.24. The molecule has 1 saturated carbocycles. The van der Waals surface area contributed by atoms with Crippen molar-refractivity contribution in [1.29, 1.82) is 0 Å². The first kappa shape index (κ1) is 28.2. The van der Waals surface area contributed by atoms with Crippen LogP contribution in [0.25, 0.3) is 0 Å². The molecule has 3 aliphatic heterocycles. The predicted molar refractivity (Wildman–Crippen MR) is 153 cm³/mol. The van der Waals surface area contributed by atoms with E-state index < -0.39 is 29.6 Å². The number of likely N-dealkylation sites (tertiary alicyclic amines) is 1. The van der Waals surface area contributed by atoms with Crippen molar-refractivity contribution in [3.8, 4) is 0 Å². The van der Waals surface area contributed by atoms with Gasteiger partial charge in [-0.25, -0.2) is 0 Å². The Labute approximate surface area is 236 Å². The van der Waals surface area contributed by atoms with Gasteiger partial charge >= 0.3 is 0 Å². The van der Waals surface area contributed by atoms with Crippen LogP contribution in [-0.2, 0) is 19.1 Å². The number of anilines is 1. The molecular weight excluding hydrogens is 512 g/mol. The molecule has 9 heteroatoms. The Morgan fingerprint density at radius 1 is 1.18 bits per heavy atom. The molecule has 1 aromatic carbocycles. The number of rotatable bonds is 11. The van der Waals surface area contributed by atoms with E-state index in [2.05, 4.69) is 22.5 Å². The highest BCUT2D eigenvalue weighted by molar-refractivity contribution is 7.98. The molecule has 2 saturated heterocycles. The maximum absolute atomic E-state index is 14.1. The van der Waals surface area contributed by atoms with Gasteiger partial charge in [0, 0.05) is 29.7 Å². The zero-order valence-corrected chi connectivity index (χ0v) is 24.2. The Balaban J connectivity index is 1.40.